The number of fused-ring (bicyclic) bond motifs is 1. The average molecular weight is 499 g/mol. The summed E-state index contributed by atoms with van der Waals surface area (Å²) in [7, 11) is 1.27. The van der Waals surface area contributed by atoms with Crippen LogP contribution in [0.3, 0.4) is 0 Å². The third-order valence-corrected chi connectivity index (χ3v) is 5.67. The number of nitrogens with two attached hydrogens (primary N) is 1. The average Bonchev–Trinajstić information content (AvgIpc) is 3.34. The van der Waals surface area contributed by atoms with Crippen molar-refractivity contribution in [1.29, 1.82) is 0 Å². The number of carbonyl (C=O) groups excluding carboxylic acids is 3. The van der Waals surface area contributed by atoms with Crippen LogP contribution in [0.25, 0.3) is 11.2 Å². The van der Waals surface area contributed by atoms with Crippen LogP contribution < -0.4 is 11.4 Å². The summed E-state index contributed by atoms with van der Waals surface area (Å²) in [6.07, 6.45) is -0.993. The van der Waals surface area contributed by atoms with Crippen molar-refractivity contribution in [3.8, 4) is 0 Å². The summed E-state index contributed by atoms with van der Waals surface area (Å²) in [5, 5.41) is 0. The number of anilines is 1. The van der Waals surface area contributed by atoms with Crippen molar-refractivity contribution in [3.63, 3.8) is 0 Å². The van der Waals surface area contributed by atoms with Gasteiger partial charge in [-0.2, -0.15) is 4.98 Å². The molecular formula is C23H25N5O8. The Balaban J connectivity index is 1.81. The molecule has 2 aromatic heterocycles. The molecule has 0 saturated carbocycles. The van der Waals surface area contributed by atoms with Crippen molar-refractivity contribution < 1.29 is 33.3 Å². The highest BCUT2D eigenvalue weighted by atomic mass is 16.6. The SMILES string of the molecule is COC(=O)c1ccccc1Cn1c(=O)n([C@@H]2O[C@H](COC(C)=O)C[C@H]2OC(C)=O)c2nc(N)ncc21. The van der Waals surface area contributed by atoms with E-state index in [1.807, 2.05) is 0 Å². The minimum atomic E-state index is -1.07. The lowest BCUT2D eigenvalue weighted by atomic mass is 10.1. The molecule has 3 aromatic rings. The second kappa shape index (κ2) is 10.2. The molecule has 36 heavy (non-hydrogen) atoms. The molecule has 13 heteroatoms. The predicted molar refractivity (Wildman–Crippen MR) is 124 cm³/mol. The fraction of sp³-hybridized carbons (Fsp3) is 0.391. The normalized spacial score (nSPS) is 19.2. The molecule has 1 aliphatic rings. The molecule has 1 fully saturated rings. The molecule has 1 saturated heterocycles. The molecule has 0 spiro atoms. The van der Waals surface area contributed by atoms with Crippen LogP contribution in [-0.4, -0.2) is 62.9 Å². The third-order valence-electron chi connectivity index (χ3n) is 5.67. The fourth-order valence-corrected chi connectivity index (χ4v) is 4.17. The molecule has 2 N–H and O–H groups in total. The summed E-state index contributed by atoms with van der Waals surface area (Å²) in [6, 6.07) is 6.71. The van der Waals surface area contributed by atoms with Gasteiger partial charge in [0.05, 0.1) is 31.5 Å². The van der Waals surface area contributed by atoms with Crippen LogP contribution in [0.1, 0.15) is 42.4 Å². The zero-order chi connectivity index (χ0) is 26.0. The second-order valence-electron chi connectivity index (χ2n) is 8.16. The van der Waals surface area contributed by atoms with Crippen LogP contribution in [0, 0.1) is 0 Å². The maximum atomic E-state index is 13.7. The number of hydrogen-bond donors (Lipinski definition) is 1. The number of carbonyl (C=O) groups is 3. The van der Waals surface area contributed by atoms with Gasteiger partial charge in [-0.25, -0.2) is 19.1 Å². The van der Waals surface area contributed by atoms with E-state index in [4.69, 9.17) is 24.7 Å². The number of benzene rings is 1. The van der Waals surface area contributed by atoms with Crippen molar-refractivity contribution in [2.45, 2.75) is 45.2 Å². The van der Waals surface area contributed by atoms with Gasteiger partial charge in [-0.05, 0) is 11.6 Å². The molecule has 0 radical (unpaired) electrons. The van der Waals surface area contributed by atoms with Gasteiger partial charge in [0, 0.05) is 20.3 Å². The zero-order valence-electron chi connectivity index (χ0n) is 19.9. The highest BCUT2D eigenvalue weighted by Gasteiger charge is 2.41. The number of methoxy groups -OCH3 is 1. The van der Waals surface area contributed by atoms with Crippen LogP contribution in [0.5, 0.6) is 0 Å². The summed E-state index contributed by atoms with van der Waals surface area (Å²) in [5.74, 6) is -1.70. The predicted octanol–water partition coefficient (Wildman–Crippen LogP) is 0.792. The van der Waals surface area contributed by atoms with E-state index in [-0.39, 0.29) is 31.2 Å². The molecule has 0 bridgehead atoms. The first-order valence-corrected chi connectivity index (χ1v) is 11.0. The molecular weight excluding hydrogens is 474 g/mol. The summed E-state index contributed by atoms with van der Waals surface area (Å²) in [6.45, 7) is 2.41. The van der Waals surface area contributed by atoms with Gasteiger partial charge in [0.25, 0.3) is 0 Å². The fourth-order valence-electron chi connectivity index (χ4n) is 4.17. The van der Waals surface area contributed by atoms with Crippen molar-refractivity contribution in [1.82, 2.24) is 19.1 Å². The molecule has 1 aromatic carbocycles. The summed E-state index contributed by atoms with van der Waals surface area (Å²) < 4.78 is 23.9. The van der Waals surface area contributed by atoms with Gasteiger partial charge in [0.15, 0.2) is 11.9 Å². The van der Waals surface area contributed by atoms with E-state index in [2.05, 4.69) is 9.97 Å². The Morgan fingerprint density at radius 1 is 1.19 bits per heavy atom. The number of imidazole rings is 1. The number of aromatic nitrogens is 4. The topological polar surface area (TPSA) is 167 Å². The van der Waals surface area contributed by atoms with Crippen LogP contribution in [0.2, 0.25) is 0 Å². The first-order valence-electron chi connectivity index (χ1n) is 11.0. The van der Waals surface area contributed by atoms with E-state index in [1.54, 1.807) is 24.3 Å². The Labute approximate surface area is 204 Å². The molecule has 0 aliphatic carbocycles. The molecule has 1 aliphatic heterocycles. The van der Waals surface area contributed by atoms with Crippen molar-refractivity contribution in [2.75, 3.05) is 19.5 Å². The summed E-state index contributed by atoms with van der Waals surface area (Å²) in [5.41, 5.74) is 6.55. The van der Waals surface area contributed by atoms with Gasteiger partial charge in [0.1, 0.15) is 18.2 Å². The number of rotatable bonds is 7. The largest absolute Gasteiger partial charge is 0.465 e. The second-order valence-corrected chi connectivity index (χ2v) is 8.16. The van der Waals surface area contributed by atoms with Crippen LogP contribution in [-0.2, 0) is 35.1 Å². The van der Waals surface area contributed by atoms with E-state index in [1.165, 1.54) is 36.3 Å². The van der Waals surface area contributed by atoms with Gasteiger partial charge in [-0.1, -0.05) is 18.2 Å². The smallest absolute Gasteiger partial charge is 0.338 e. The van der Waals surface area contributed by atoms with Crippen LogP contribution in [0.15, 0.2) is 35.3 Å². The van der Waals surface area contributed by atoms with Crippen molar-refractivity contribution in [3.05, 3.63) is 52.1 Å². The number of nitrogens with zero attached hydrogens (tertiary/aromatic N) is 4. The third kappa shape index (κ3) is 4.91. The molecule has 190 valence electrons. The number of hydrogen-bond acceptors (Lipinski definition) is 11. The van der Waals surface area contributed by atoms with E-state index in [9.17, 15) is 19.2 Å². The Morgan fingerprint density at radius 2 is 1.94 bits per heavy atom. The standard InChI is InChI=1S/C23H25N5O8/c1-12(29)34-11-15-8-18(35-13(2)30)20(36-15)28-19-17(9-25-22(24)26-19)27(23(28)32)10-14-6-4-5-7-16(14)21(31)33-3/h4-7,9,15,18,20H,8,10-11H2,1-3H3,(H2,24,25,26)/t15-,18+,20+/m0/s1. The first kappa shape index (κ1) is 24.9. The van der Waals surface area contributed by atoms with Gasteiger partial charge in [-0.15, -0.1) is 0 Å². The van der Waals surface area contributed by atoms with Gasteiger partial charge < -0.3 is 24.7 Å². The lowest BCUT2D eigenvalue weighted by Gasteiger charge is -2.19. The van der Waals surface area contributed by atoms with Gasteiger partial charge in [-0.3, -0.25) is 14.2 Å². The van der Waals surface area contributed by atoms with Crippen LogP contribution in [0.4, 0.5) is 5.95 Å². The molecule has 0 unspecified atom stereocenters. The minimum absolute atomic E-state index is 0.0112. The molecule has 13 nitrogen and oxygen atoms in total. The summed E-state index contributed by atoms with van der Waals surface area (Å²) in [4.78, 5) is 57.3. The highest BCUT2D eigenvalue weighted by molar-refractivity contribution is 5.91. The van der Waals surface area contributed by atoms with E-state index < -0.39 is 42.0 Å². The quantitative estimate of drug-likeness (QED) is 0.360. The first-order chi connectivity index (χ1) is 17.2. The van der Waals surface area contributed by atoms with Gasteiger partial charge in [0.2, 0.25) is 5.95 Å². The maximum absolute atomic E-state index is 13.7. The van der Waals surface area contributed by atoms with E-state index >= 15 is 0 Å². The number of nitrogen functional groups attached to an aromatic ring is 1. The summed E-state index contributed by atoms with van der Waals surface area (Å²) >= 11 is 0. The zero-order valence-corrected chi connectivity index (χ0v) is 19.9. The number of esters is 3. The van der Waals surface area contributed by atoms with Crippen molar-refractivity contribution >= 4 is 35.0 Å². The lowest BCUT2D eigenvalue weighted by molar-refractivity contribution is -0.153. The number of ether oxygens (including phenoxy) is 4. The lowest BCUT2D eigenvalue weighted by Crippen LogP contribution is -2.34. The Bertz CT molecular complexity index is 1380. The monoisotopic (exact) mass is 499 g/mol. The van der Waals surface area contributed by atoms with E-state index in [0.717, 1.165) is 0 Å². The molecule has 0 amide bonds. The molecule has 4 rings (SSSR count). The van der Waals surface area contributed by atoms with E-state index in [0.29, 0.717) is 16.6 Å². The maximum Gasteiger partial charge on any atom is 0.338 e. The molecule has 3 heterocycles. The molecule has 3 atom stereocenters. The van der Waals surface area contributed by atoms with Crippen LogP contribution >= 0.6 is 0 Å². The van der Waals surface area contributed by atoms with Crippen molar-refractivity contribution in [2.24, 2.45) is 0 Å². The Morgan fingerprint density at radius 3 is 2.64 bits per heavy atom. The Kier molecular flexibility index (Phi) is 7.01. The minimum Gasteiger partial charge on any atom is -0.465 e. The Hall–Kier alpha value is -4.26. The highest BCUT2D eigenvalue weighted by Crippen LogP contribution is 2.33. The van der Waals surface area contributed by atoms with Gasteiger partial charge >= 0.3 is 23.6 Å².